The summed E-state index contributed by atoms with van der Waals surface area (Å²) in [4.78, 5) is 28.6. The second kappa shape index (κ2) is 8.41. The number of thiophene rings is 1. The van der Waals surface area contributed by atoms with Crippen molar-refractivity contribution in [3.05, 3.63) is 63.5 Å². The predicted molar refractivity (Wildman–Crippen MR) is 103 cm³/mol. The number of halogens is 1. The average Bonchev–Trinajstić information content (AvgIpc) is 3.48. The molecule has 0 fully saturated rings. The van der Waals surface area contributed by atoms with Crippen LogP contribution >= 0.6 is 11.3 Å². The van der Waals surface area contributed by atoms with Gasteiger partial charge in [-0.3, -0.25) is 4.79 Å². The molecule has 4 rings (SSSR count). The minimum absolute atomic E-state index is 0.00423. The summed E-state index contributed by atoms with van der Waals surface area (Å²) in [5.74, 6) is -1.15. The van der Waals surface area contributed by atoms with Crippen LogP contribution in [0.2, 0.25) is 0 Å². The summed E-state index contributed by atoms with van der Waals surface area (Å²) in [5, 5.41) is 9.66. The summed E-state index contributed by atoms with van der Waals surface area (Å²) < 4.78 is 29.9. The molecular formula is C19H15FN4O5S. The number of hydrogen-bond acceptors (Lipinski definition) is 9. The van der Waals surface area contributed by atoms with Gasteiger partial charge in [0.05, 0.1) is 17.8 Å². The SMILES string of the molecule is Cc1ccc(-c2noc(COC(=O)CCn3nc(-c4cccs4)oc3=O)n2)cc1F. The van der Waals surface area contributed by atoms with Gasteiger partial charge in [0.15, 0.2) is 6.61 Å². The molecule has 0 atom stereocenters. The third-order valence-corrected chi connectivity index (χ3v) is 4.98. The maximum absolute atomic E-state index is 13.7. The topological polar surface area (TPSA) is 113 Å². The first-order chi connectivity index (χ1) is 14.5. The normalized spacial score (nSPS) is 11.0. The van der Waals surface area contributed by atoms with Gasteiger partial charge in [0.2, 0.25) is 5.82 Å². The van der Waals surface area contributed by atoms with Crippen molar-refractivity contribution < 1.29 is 22.9 Å². The summed E-state index contributed by atoms with van der Waals surface area (Å²) in [6.07, 6.45) is -0.0967. The highest BCUT2D eigenvalue weighted by molar-refractivity contribution is 7.13. The van der Waals surface area contributed by atoms with Crippen LogP contribution in [0.4, 0.5) is 4.39 Å². The van der Waals surface area contributed by atoms with Crippen LogP contribution in [0.15, 0.2) is 49.4 Å². The predicted octanol–water partition coefficient (Wildman–Crippen LogP) is 3.20. The van der Waals surface area contributed by atoms with Crippen LogP contribution in [0.1, 0.15) is 17.9 Å². The third-order valence-electron chi connectivity index (χ3n) is 4.12. The molecule has 0 saturated carbocycles. The van der Waals surface area contributed by atoms with E-state index in [-0.39, 0.29) is 43.0 Å². The lowest BCUT2D eigenvalue weighted by Crippen LogP contribution is -2.18. The number of aryl methyl sites for hydroxylation is 2. The Morgan fingerprint density at radius 1 is 1.33 bits per heavy atom. The van der Waals surface area contributed by atoms with Gasteiger partial charge >= 0.3 is 11.7 Å². The molecule has 0 bridgehead atoms. The van der Waals surface area contributed by atoms with Gasteiger partial charge in [-0.1, -0.05) is 23.4 Å². The number of aromatic nitrogens is 4. The standard InChI is InChI=1S/C19H15FN4O5S/c1-11-4-5-12(9-13(11)20)17-21-15(29-23-17)10-27-16(25)6-7-24-19(26)28-18(22-24)14-3-2-8-30-14/h2-5,8-9H,6-7,10H2,1H3. The Morgan fingerprint density at radius 3 is 2.97 bits per heavy atom. The van der Waals surface area contributed by atoms with Gasteiger partial charge < -0.3 is 13.7 Å². The van der Waals surface area contributed by atoms with Crippen LogP contribution in [-0.2, 0) is 22.7 Å². The largest absolute Gasteiger partial charge is 0.455 e. The minimum Gasteiger partial charge on any atom is -0.455 e. The Morgan fingerprint density at radius 2 is 2.20 bits per heavy atom. The summed E-state index contributed by atoms with van der Waals surface area (Å²) in [5.41, 5.74) is 0.955. The smallest absolute Gasteiger partial charge is 0.437 e. The zero-order valence-electron chi connectivity index (χ0n) is 15.7. The summed E-state index contributed by atoms with van der Waals surface area (Å²) in [6.45, 7) is 1.41. The molecule has 3 heterocycles. The molecule has 4 aromatic rings. The van der Waals surface area contributed by atoms with Crippen molar-refractivity contribution >= 4 is 17.3 Å². The fourth-order valence-electron chi connectivity index (χ4n) is 2.52. The molecule has 0 amide bonds. The van der Waals surface area contributed by atoms with Gasteiger partial charge in [0.25, 0.3) is 11.8 Å². The molecule has 0 N–H and O–H groups in total. The second-order valence-corrected chi connectivity index (χ2v) is 7.21. The van der Waals surface area contributed by atoms with E-state index in [9.17, 15) is 14.0 Å². The number of hydrogen-bond donors (Lipinski definition) is 0. The lowest BCUT2D eigenvalue weighted by molar-refractivity contribution is -0.146. The van der Waals surface area contributed by atoms with E-state index in [4.69, 9.17) is 13.7 Å². The highest BCUT2D eigenvalue weighted by atomic mass is 32.1. The minimum atomic E-state index is -0.655. The van der Waals surface area contributed by atoms with Gasteiger partial charge in [-0.25, -0.2) is 9.18 Å². The zero-order chi connectivity index (χ0) is 21.1. The van der Waals surface area contributed by atoms with Crippen molar-refractivity contribution in [3.8, 4) is 22.2 Å². The number of esters is 1. The number of rotatable bonds is 7. The molecule has 11 heteroatoms. The molecule has 0 aliphatic rings. The van der Waals surface area contributed by atoms with Crippen LogP contribution in [0.25, 0.3) is 22.2 Å². The fourth-order valence-corrected chi connectivity index (χ4v) is 3.17. The van der Waals surface area contributed by atoms with Crippen LogP contribution < -0.4 is 5.76 Å². The molecule has 0 spiro atoms. The number of ether oxygens (including phenoxy) is 1. The number of benzene rings is 1. The van der Waals surface area contributed by atoms with Crippen LogP contribution in [0.3, 0.4) is 0 Å². The number of carbonyl (C=O) groups is 1. The molecule has 0 saturated heterocycles. The van der Waals surface area contributed by atoms with Crippen molar-refractivity contribution in [3.63, 3.8) is 0 Å². The number of nitrogens with zero attached hydrogens (tertiary/aromatic N) is 4. The van der Waals surface area contributed by atoms with E-state index in [1.54, 1.807) is 25.1 Å². The quantitative estimate of drug-likeness (QED) is 0.411. The first kappa shape index (κ1) is 19.7. The van der Waals surface area contributed by atoms with Crippen molar-refractivity contribution in [1.82, 2.24) is 19.9 Å². The Labute approximate surface area is 172 Å². The second-order valence-electron chi connectivity index (χ2n) is 6.26. The Balaban J connectivity index is 1.31. The molecular weight excluding hydrogens is 415 g/mol. The summed E-state index contributed by atoms with van der Waals surface area (Å²) >= 11 is 1.39. The van der Waals surface area contributed by atoms with Gasteiger partial charge in [-0.05, 0) is 30.0 Å². The molecule has 3 aromatic heterocycles. The maximum atomic E-state index is 13.7. The van der Waals surface area contributed by atoms with E-state index < -0.39 is 11.7 Å². The molecule has 0 unspecified atom stereocenters. The van der Waals surface area contributed by atoms with E-state index in [0.717, 1.165) is 4.68 Å². The third kappa shape index (κ3) is 4.35. The van der Waals surface area contributed by atoms with Gasteiger partial charge in [-0.15, -0.1) is 16.4 Å². The van der Waals surface area contributed by atoms with E-state index in [1.807, 2.05) is 11.4 Å². The molecule has 30 heavy (non-hydrogen) atoms. The number of carbonyl (C=O) groups excluding carboxylic acids is 1. The van der Waals surface area contributed by atoms with E-state index in [0.29, 0.717) is 16.0 Å². The lowest BCUT2D eigenvalue weighted by Gasteiger charge is -2.01. The van der Waals surface area contributed by atoms with E-state index in [2.05, 4.69) is 15.2 Å². The maximum Gasteiger partial charge on any atom is 0.437 e. The van der Waals surface area contributed by atoms with Crippen molar-refractivity contribution in [2.45, 2.75) is 26.5 Å². The zero-order valence-corrected chi connectivity index (χ0v) is 16.5. The summed E-state index contributed by atoms with van der Waals surface area (Å²) in [7, 11) is 0. The van der Waals surface area contributed by atoms with Crippen LogP contribution in [-0.4, -0.2) is 25.9 Å². The Hall–Kier alpha value is -3.60. The van der Waals surface area contributed by atoms with E-state index >= 15 is 0 Å². The van der Waals surface area contributed by atoms with Gasteiger partial charge in [-0.2, -0.15) is 9.67 Å². The molecule has 0 aliphatic carbocycles. The van der Waals surface area contributed by atoms with Crippen molar-refractivity contribution in [2.24, 2.45) is 0 Å². The lowest BCUT2D eigenvalue weighted by atomic mass is 10.1. The molecule has 9 nitrogen and oxygen atoms in total. The van der Waals surface area contributed by atoms with Gasteiger partial charge in [0.1, 0.15) is 5.82 Å². The van der Waals surface area contributed by atoms with Crippen molar-refractivity contribution in [2.75, 3.05) is 0 Å². The van der Waals surface area contributed by atoms with E-state index in [1.165, 1.54) is 17.4 Å². The van der Waals surface area contributed by atoms with Crippen molar-refractivity contribution in [1.29, 1.82) is 0 Å². The van der Waals surface area contributed by atoms with Crippen LogP contribution in [0, 0.1) is 12.7 Å². The van der Waals surface area contributed by atoms with Gasteiger partial charge in [0, 0.05) is 5.56 Å². The Bertz CT molecular complexity index is 1230. The average molecular weight is 430 g/mol. The highest BCUT2D eigenvalue weighted by Gasteiger charge is 2.15. The highest BCUT2D eigenvalue weighted by Crippen LogP contribution is 2.21. The molecule has 1 aromatic carbocycles. The molecule has 0 radical (unpaired) electrons. The first-order valence-corrected chi connectivity index (χ1v) is 9.74. The first-order valence-electron chi connectivity index (χ1n) is 8.86. The monoisotopic (exact) mass is 430 g/mol. The molecule has 0 aliphatic heterocycles. The molecule has 154 valence electrons. The fraction of sp³-hybridized carbons (Fsp3) is 0.211. The van der Waals surface area contributed by atoms with Crippen LogP contribution in [0.5, 0.6) is 0 Å². The summed E-state index contributed by atoms with van der Waals surface area (Å²) in [6, 6.07) is 8.17. The Kier molecular flexibility index (Phi) is 5.53.